The van der Waals surface area contributed by atoms with Crippen molar-refractivity contribution < 1.29 is 9.32 Å². The van der Waals surface area contributed by atoms with E-state index in [2.05, 4.69) is 27.3 Å². The number of hydrogen-bond acceptors (Lipinski definition) is 5. The van der Waals surface area contributed by atoms with Crippen LogP contribution in [0.4, 0.5) is 0 Å². The Balaban J connectivity index is 1.61. The van der Waals surface area contributed by atoms with Crippen LogP contribution in [0, 0.1) is 18.3 Å². The SMILES string of the molecule is Cc1nc(CC2CCCN(C(=O)C3(C)CCCNC3)C2)no1. The lowest BCUT2D eigenvalue weighted by molar-refractivity contribution is -0.144. The van der Waals surface area contributed by atoms with Gasteiger partial charge in [0.2, 0.25) is 11.8 Å². The smallest absolute Gasteiger partial charge is 0.229 e. The summed E-state index contributed by atoms with van der Waals surface area (Å²) in [7, 11) is 0. The van der Waals surface area contributed by atoms with Crippen molar-refractivity contribution >= 4 is 5.91 Å². The lowest BCUT2D eigenvalue weighted by Crippen LogP contribution is -2.52. The van der Waals surface area contributed by atoms with Crippen LogP contribution < -0.4 is 5.32 Å². The van der Waals surface area contributed by atoms with E-state index in [-0.39, 0.29) is 5.41 Å². The Morgan fingerprint density at radius 3 is 3.05 bits per heavy atom. The van der Waals surface area contributed by atoms with Crippen LogP contribution in [0.1, 0.15) is 44.3 Å². The van der Waals surface area contributed by atoms with E-state index in [0.717, 1.165) is 64.1 Å². The Hall–Kier alpha value is -1.43. The van der Waals surface area contributed by atoms with E-state index in [1.165, 1.54) is 0 Å². The molecule has 0 radical (unpaired) electrons. The molecule has 2 aliphatic rings. The fourth-order valence-electron chi connectivity index (χ4n) is 3.72. The third kappa shape index (κ3) is 3.32. The predicted octanol–water partition coefficient (Wildman–Crippen LogP) is 1.55. The van der Waals surface area contributed by atoms with Crippen molar-refractivity contribution in [3.05, 3.63) is 11.7 Å². The van der Waals surface area contributed by atoms with Gasteiger partial charge in [-0.2, -0.15) is 4.98 Å². The van der Waals surface area contributed by atoms with Crippen molar-refractivity contribution in [2.45, 2.75) is 46.0 Å². The summed E-state index contributed by atoms with van der Waals surface area (Å²) in [6, 6.07) is 0. The van der Waals surface area contributed by atoms with Crippen molar-refractivity contribution in [2.24, 2.45) is 11.3 Å². The highest BCUT2D eigenvalue weighted by Gasteiger charge is 2.39. The second-order valence-corrected chi connectivity index (χ2v) is 7.03. The lowest BCUT2D eigenvalue weighted by Gasteiger charge is -2.40. The molecule has 0 aliphatic carbocycles. The fraction of sp³-hybridized carbons (Fsp3) is 0.812. The van der Waals surface area contributed by atoms with Gasteiger partial charge in [0.1, 0.15) is 0 Å². The molecule has 0 saturated carbocycles. The maximum absolute atomic E-state index is 12.9. The van der Waals surface area contributed by atoms with Gasteiger partial charge in [-0.25, -0.2) is 0 Å². The third-order valence-electron chi connectivity index (χ3n) is 4.96. The van der Waals surface area contributed by atoms with Crippen molar-refractivity contribution in [3.8, 4) is 0 Å². The zero-order chi connectivity index (χ0) is 15.6. The molecule has 3 rings (SSSR count). The summed E-state index contributed by atoms with van der Waals surface area (Å²) in [5, 5.41) is 7.35. The van der Waals surface area contributed by atoms with E-state index in [4.69, 9.17) is 4.52 Å². The summed E-state index contributed by atoms with van der Waals surface area (Å²) < 4.78 is 5.04. The van der Waals surface area contributed by atoms with Crippen LogP contribution in [0.5, 0.6) is 0 Å². The molecule has 6 heteroatoms. The number of likely N-dealkylation sites (tertiary alicyclic amines) is 1. The Morgan fingerprint density at radius 2 is 2.36 bits per heavy atom. The lowest BCUT2D eigenvalue weighted by atomic mass is 9.80. The number of carbonyl (C=O) groups excluding carboxylic acids is 1. The van der Waals surface area contributed by atoms with Crippen molar-refractivity contribution in [1.29, 1.82) is 0 Å². The third-order valence-corrected chi connectivity index (χ3v) is 4.96. The van der Waals surface area contributed by atoms with Gasteiger partial charge in [0, 0.05) is 33.0 Å². The van der Waals surface area contributed by atoms with Crippen LogP contribution in [-0.4, -0.2) is 47.1 Å². The molecule has 6 nitrogen and oxygen atoms in total. The average Bonchev–Trinajstić information content (AvgIpc) is 2.92. The minimum atomic E-state index is -0.233. The first kappa shape index (κ1) is 15.5. The molecule has 2 unspecified atom stereocenters. The summed E-state index contributed by atoms with van der Waals surface area (Å²) in [6.45, 7) is 7.45. The molecule has 2 saturated heterocycles. The molecular formula is C16H26N4O2. The first-order valence-corrected chi connectivity index (χ1v) is 8.36. The predicted molar refractivity (Wildman–Crippen MR) is 82.3 cm³/mol. The van der Waals surface area contributed by atoms with Gasteiger partial charge >= 0.3 is 0 Å². The van der Waals surface area contributed by atoms with E-state index in [0.29, 0.717) is 17.7 Å². The van der Waals surface area contributed by atoms with Crippen molar-refractivity contribution in [2.75, 3.05) is 26.2 Å². The summed E-state index contributed by atoms with van der Waals surface area (Å²) in [5.74, 6) is 2.13. The van der Waals surface area contributed by atoms with E-state index in [9.17, 15) is 4.79 Å². The number of piperidine rings is 2. The number of amides is 1. The van der Waals surface area contributed by atoms with Gasteiger partial charge in [0.15, 0.2) is 5.82 Å². The summed E-state index contributed by atoms with van der Waals surface area (Å²) in [4.78, 5) is 19.3. The van der Waals surface area contributed by atoms with E-state index in [1.54, 1.807) is 0 Å². The van der Waals surface area contributed by atoms with Gasteiger partial charge in [-0.05, 0) is 45.1 Å². The highest BCUT2D eigenvalue weighted by molar-refractivity contribution is 5.82. The Morgan fingerprint density at radius 1 is 1.50 bits per heavy atom. The Labute approximate surface area is 131 Å². The van der Waals surface area contributed by atoms with E-state index >= 15 is 0 Å². The molecule has 1 N–H and O–H groups in total. The zero-order valence-electron chi connectivity index (χ0n) is 13.6. The second kappa shape index (κ2) is 6.36. The monoisotopic (exact) mass is 306 g/mol. The van der Waals surface area contributed by atoms with Crippen molar-refractivity contribution in [1.82, 2.24) is 20.4 Å². The molecular weight excluding hydrogens is 280 g/mol. The number of carbonyl (C=O) groups is 1. The normalized spacial score (nSPS) is 29.5. The number of aryl methyl sites for hydroxylation is 1. The van der Waals surface area contributed by atoms with Crippen LogP contribution in [0.25, 0.3) is 0 Å². The molecule has 122 valence electrons. The number of nitrogens with zero attached hydrogens (tertiary/aromatic N) is 3. The van der Waals surface area contributed by atoms with Gasteiger partial charge < -0.3 is 14.7 Å². The molecule has 22 heavy (non-hydrogen) atoms. The molecule has 0 aromatic carbocycles. The minimum absolute atomic E-state index is 0.233. The molecule has 2 aliphatic heterocycles. The average molecular weight is 306 g/mol. The van der Waals surface area contributed by atoms with Gasteiger partial charge in [0.05, 0.1) is 5.41 Å². The quantitative estimate of drug-likeness (QED) is 0.917. The highest BCUT2D eigenvalue weighted by atomic mass is 16.5. The van der Waals surface area contributed by atoms with Crippen LogP contribution >= 0.6 is 0 Å². The number of nitrogens with one attached hydrogen (secondary N) is 1. The molecule has 1 aromatic heterocycles. The summed E-state index contributed by atoms with van der Waals surface area (Å²) in [6.07, 6.45) is 5.07. The fourth-order valence-corrected chi connectivity index (χ4v) is 3.72. The van der Waals surface area contributed by atoms with Gasteiger partial charge in [0.25, 0.3) is 0 Å². The highest BCUT2D eigenvalue weighted by Crippen LogP contribution is 2.30. The summed E-state index contributed by atoms with van der Waals surface area (Å²) in [5.41, 5.74) is -0.233. The number of aromatic nitrogens is 2. The second-order valence-electron chi connectivity index (χ2n) is 7.03. The molecule has 0 bridgehead atoms. The van der Waals surface area contributed by atoms with E-state index in [1.807, 2.05) is 6.92 Å². The van der Waals surface area contributed by atoms with Gasteiger partial charge in [-0.3, -0.25) is 4.79 Å². The number of rotatable bonds is 3. The first-order valence-electron chi connectivity index (χ1n) is 8.36. The standard InChI is InChI=1S/C16H26N4O2/c1-12-18-14(19-22-12)9-13-5-3-8-20(10-13)15(21)16(2)6-4-7-17-11-16/h13,17H,3-11H2,1-2H3. The van der Waals surface area contributed by atoms with E-state index < -0.39 is 0 Å². The maximum atomic E-state index is 12.9. The molecule has 1 amide bonds. The Bertz CT molecular complexity index is 522. The van der Waals surface area contributed by atoms with Crippen LogP contribution in [-0.2, 0) is 11.2 Å². The van der Waals surface area contributed by atoms with Gasteiger partial charge in [-0.1, -0.05) is 5.16 Å². The topological polar surface area (TPSA) is 71.3 Å². The molecule has 1 aromatic rings. The van der Waals surface area contributed by atoms with Crippen molar-refractivity contribution in [3.63, 3.8) is 0 Å². The largest absolute Gasteiger partial charge is 0.342 e. The van der Waals surface area contributed by atoms with Gasteiger partial charge in [-0.15, -0.1) is 0 Å². The van der Waals surface area contributed by atoms with Crippen LogP contribution in [0.3, 0.4) is 0 Å². The molecule has 2 fully saturated rings. The molecule has 0 spiro atoms. The summed E-state index contributed by atoms with van der Waals surface area (Å²) >= 11 is 0. The first-order chi connectivity index (χ1) is 10.6. The maximum Gasteiger partial charge on any atom is 0.229 e. The minimum Gasteiger partial charge on any atom is -0.342 e. The number of hydrogen-bond donors (Lipinski definition) is 1. The molecule has 2 atom stereocenters. The van der Waals surface area contributed by atoms with Crippen LogP contribution in [0.2, 0.25) is 0 Å². The Kier molecular flexibility index (Phi) is 4.47. The van der Waals surface area contributed by atoms with Crippen LogP contribution in [0.15, 0.2) is 4.52 Å². The molecule has 3 heterocycles. The zero-order valence-corrected chi connectivity index (χ0v) is 13.6.